The van der Waals surface area contributed by atoms with E-state index in [-0.39, 0.29) is 22.7 Å². The fourth-order valence-corrected chi connectivity index (χ4v) is 2.05. The van der Waals surface area contributed by atoms with E-state index in [1.807, 2.05) is 13.8 Å². The lowest BCUT2D eigenvalue weighted by Crippen LogP contribution is -2.26. The van der Waals surface area contributed by atoms with Gasteiger partial charge in [0.05, 0.1) is 16.8 Å². The molecule has 0 fully saturated rings. The van der Waals surface area contributed by atoms with E-state index in [2.05, 4.69) is 15.6 Å². The minimum absolute atomic E-state index is 0.0974. The number of halogens is 2. The monoisotopic (exact) mass is 347 g/mol. The molecule has 1 aromatic heterocycles. The molecule has 2 aromatic rings. The Labute approximate surface area is 144 Å². The van der Waals surface area contributed by atoms with E-state index in [1.165, 1.54) is 18.5 Å². The molecule has 0 saturated carbocycles. The quantitative estimate of drug-likeness (QED) is 0.841. The molecule has 2 amide bonds. The Morgan fingerprint density at radius 2 is 1.76 bits per heavy atom. The van der Waals surface area contributed by atoms with Gasteiger partial charge in [-0.15, -0.1) is 0 Å². The predicted octanol–water partition coefficient (Wildman–Crippen LogP) is 3.39. The third kappa shape index (κ3) is 5.34. The fraction of sp³-hybridized carbons (Fsp3) is 0.278. The molecular weight excluding hydrogens is 328 g/mol. The van der Waals surface area contributed by atoms with E-state index in [1.54, 1.807) is 0 Å². The van der Waals surface area contributed by atoms with Crippen molar-refractivity contribution in [2.24, 2.45) is 5.92 Å². The summed E-state index contributed by atoms with van der Waals surface area (Å²) in [5.41, 5.74) is 0.175. The van der Waals surface area contributed by atoms with Crippen molar-refractivity contribution >= 4 is 17.5 Å². The second-order valence-electron chi connectivity index (χ2n) is 5.98. The van der Waals surface area contributed by atoms with Gasteiger partial charge in [0.2, 0.25) is 0 Å². The normalized spacial score (nSPS) is 10.6. The molecule has 7 heteroatoms. The van der Waals surface area contributed by atoms with Crippen LogP contribution in [0.1, 0.15) is 41.0 Å². The number of nitrogens with zero attached hydrogens (tertiary/aromatic N) is 1. The highest BCUT2D eigenvalue weighted by molar-refractivity contribution is 6.05. The number of aromatic nitrogens is 1. The second kappa shape index (κ2) is 8.32. The van der Waals surface area contributed by atoms with Crippen molar-refractivity contribution in [2.45, 2.75) is 20.3 Å². The van der Waals surface area contributed by atoms with Crippen LogP contribution in [0.25, 0.3) is 0 Å². The second-order valence-corrected chi connectivity index (χ2v) is 5.98. The summed E-state index contributed by atoms with van der Waals surface area (Å²) < 4.78 is 26.5. The van der Waals surface area contributed by atoms with Crippen LogP contribution in [0.5, 0.6) is 0 Å². The molecule has 1 heterocycles. The average Bonchev–Trinajstić information content (AvgIpc) is 2.57. The van der Waals surface area contributed by atoms with Gasteiger partial charge >= 0.3 is 0 Å². The van der Waals surface area contributed by atoms with Crippen LogP contribution in [0.4, 0.5) is 14.5 Å². The van der Waals surface area contributed by atoms with Gasteiger partial charge < -0.3 is 10.6 Å². The number of benzene rings is 1. The molecule has 0 saturated heterocycles. The fourth-order valence-electron chi connectivity index (χ4n) is 2.05. The minimum Gasteiger partial charge on any atom is -0.352 e. The van der Waals surface area contributed by atoms with Crippen LogP contribution >= 0.6 is 0 Å². The summed E-state index contributed by atoms with van der Waals surface area (Å²) in [5, 5.41) is 5.07. The van der Waals surface area contributed by atoms with E-state index in [0.29, 0.717) is 18.5 Å². The molecule has 0 atom stereocenters. The average molecular weight is 347 g/mol. The Bertz CT molecular complexity index is 779. The first kappa shape index (κ1) is 18.5. The highest BCUT2D eigenvalue weighted by Gasteiger charge is 2.13. The molecule has 0 aliphatic rings. The summed E-state index contributed by atoms with van der Waals surface area (Å²) in [6.45, 7) is 4.62. The summed E-state index contributed by atoms with van der Waals surface area (Å²) in [6.07, 6.45) is 3.45. The molecule has 0 bridgehead atoms. The highest BCUT2D eigenvalue weighted by atomic mass is 19.1. The Balaban J connectivity index is 2.06. The van der Waals surface area contributed by atoms with Crippen LogP contribution in [0.3, 0.4) is 0 Å². The first-order chi connectivity index (χ1) is 11.9. The van der Waals surface area contributed by atoms with Gasteiger partial charge in [-0.2, -0.15) is 0 Å². The predicted molar refractivity (Wildman–Crippen MR) is 90.3 cm³/mol. The Hall–Kier alpha value is -2.83. The molecule has 5 nitrogen and oxygen atoms in total. The molecule has 0 spiro atoms. The molecule has 1 aromatic carbocycles. The molecule has 0 unspecified atom stereocenters. The topological polar surface area (TPSA) is 71.1 Å². The minimum atomic E-state index is -0.885. The number of pyridine rings is 1. The Kier molecular flexibility index (Phi) is 6.16. The van der Waals surface area contributed by atoms with Gasteiger partial charge in [0.25, 0.3) is 11.8 Å². The van der Waals surface area contributed by atoms with Crippen LogP contribution in [-0.4, -0.2) is 23.3 Å². The van der Waals surface area contributed by atoms with Gasteiger partial charge in [-0.05, 0) is 30.5 Å². The van der Waals surface area contributed by atoms with Gasteiger partial charge in [-0.3, -0.25) is 14.6 Å². The lowest BCUT2D eigenvalue weighted by Gasteiger charge is -2.09. The largest absolute Gasteiger partial charge is 0.352 e. The molecule has 132 valence electrons. The number of hydrogen-bond donors (Lipinski definition) is 2. The maximum Gasteiger partial charge on any atom is 0.257 e. The lowest BCUT2D eigenvalue weighted by atomic mass is 10.1. The Morgan fingerprint density at radius 1 is 1.08 bits per heavy atom. The third-order valence-corrected chi connectivity index (χ3v) is 3.45. The van der Waals surface area contributed by atoms with Crippen molar-refractivity contribution in [3.8, 4) is 0 Å². The number of amides is 2. The number of anilines is 1. The van der Waals surface area contributed by atoms with E-state index in [9.17, 15) is 18.4 Å². The molecule has 2 rings (SSSR count). The number of carbonyl (C=O) groups is 2. The van der Waals surface area contributed by atoms with Gasteiger partial charge in [-0.1, -0.05) is 13.8 Å². The van der Waals surface area contributed by atoms with E-state index >= 15 is 0 Å². The highest BCUT2D eigenvalue weighted by Crippen LogP contribution is 2.16. The van der Waals surface area contributed by atoms with Crippen molar-refractivity contribution < 1.29 is 18.4 Å². The zero-order chi connectivity index (χ0) is 18.4. The van der Waals surface area contributed by atoms with Gasteiger partial charge in [0.1, 0.15) is 11.6 Å². The summed E-state index contributed by atoms with van der Waals surface area (Å²) in [6, 6.07) is 4.20. The summed E-state index contributed by atoms with van der Waals surface area (Å²) in [4.78, 5) is 28.1. The summed E-state index contributed by atoms with van der Waals surface area (Å²) >= 11 is 0. The van der Waals surface area contributed by atoms with Gasteiger partial charge in [0, 0.05) is 25.0 Å². The maximum absolute atomic E-state index is 13.6. The molecule has 0 aliphatic carbocycles. The van der Waals surface area contributed by atoms with Crippen molar-refractivity contribution in [1.29, 1.82) is 0 Å². The molecule has 0 aliphatic heterocycles. The van der Waals surface area contributed by atoms with E-state index in [0.717, 1.165) is 18.6 Å². The molecule has 0 radical (unpaired) electrons. The smallest absolute Gasteiger partial charge is 0.257 e. The first-order valence-corrected chi connectivity index (χ1v) is 7.86. The maximum atomic E-state index is 13.6. The zero-order valence-electron chi connectivity index (χ0n) is 14.0. The number of rotatable bonds is 6. The van der Waals surface area contributed by atoms with Gasteiger partial charge in [0.15, 0.2) is 0 Å². The van der Waals surface area contributed by atoms with Crippen LogP contribution in [-0.2, 0) is 0 Å². The van der Waals surface area contributed by atoms with Crippen molar-refractivity contribution in [1.82, 2.24) is 10.3 Å². The van der Waals surface area contributed by atoms with Crippen molar-refractivity contribution in [3.63, 3.8) is 0 Å². The number of hydrogen-bond acceptors (Lipinski definition) is 3. The van der Waals surface area contributed by atoms with Crippen molar-refractivity contribution in [2.75, 3.05) is 11.9 Å². The van der Waals surface area contributed by atoms with Crippen molar-refractivity contribution in [3.05, 3.63) is 59.4 Å². The van der Waals surface area contributed by atoms with E-state index in [4.69, 9.17) is 0 Å². The Morgan fingerprint density at radius 3 is 2.40 bits per heavy atom. The van der Waals surface area contributed by atoms with Crippen LogP contribution < -0.4 is 10.6 Å². The van der Waals surface area contributed by atoms with E-state index < -0.39 is 17.5 Å². The molecule has 2 N–H and O–H groups in total. The number of nitrogens with one attached hydrogen (secondary N) is 2. The standard InChI is InChI=1S/C18H19F2N3O2/c1-11(2)5-6-22-17(24)12-7-13(10-21-9-12)18(25)23-16-4-3-14(19)8-15(16)20/h3-4,7-11H,5-6H2,1-2H3,(H,22,24)(H,23,25). The van der Waals surface area contributed by atoms with Crippen LogP contribution in [0.15, 0.2) is 36.7 Å². The zero-order valence-corrected chi connectivity index (χ0v) is 14.0. The summed E-state index contributed by atoms with van der Waals surface area (Å²) in [5.74, 6) is -2.15. The molecule has 25 heavy (non-hydrogen) atoms. The first-order valence-electron chi connectivity index (χ1n) is 7.86. The van der Waals surface area contributed by atoms with Gasteiger partial charge in [-0.25, -0.2) is 8.78 Å². The molecular formula is C18H19F2N3O2. The lowest BCUT2D eigenvalue weighted by molar-refractivity contribution is 0.0951. The third-order valence-electron chi connectivity index (χ3n) is 3.45. The SMILES string of the molecule is CC(C)CCNC(=O)c1cncc(C(=O)Nc2ccc(F)cc2F)c1. The number of carbonyl (C=O) groups excluding carboxylic acids is 2. The van der Waals surface area contributed by atoms with Crippen LogP contribution in [0, 0.1) is 17.6 Å². The van der Waals surface area contributed by atoms with Crippen LogP contribution in [0.2, 0.25) is 0 Å². The summed E-state index contributed by atoms with van der Waals surface area (Å²) in [7, 11) is 0.